The van der Waals surface area contributed by atoms with E-state index in [4.69, 9.17) is 5.11 Å². The van der Waals surface area contributed by atoms with Crippen molar-refractivity contribution in [2.45, 2.75) is 12.8 Å². The molecule has 0 aromatic rings. The highest BCUT2D eigenvalue weighted by molar-refractivity contribution is 5.77. The number of aldehydes is 1. The molecular formula is C10H18N2O3. The Bertz CT molecular complexity index is 221. The first-order chi connectivity index (χ1) is 7.27. The zero-order chi connectivity index (χ0) is 11.1. The average Bonchev–Trinajstić information content (AvgIpc) is 2.50. The first-order valence-electron chi connectivity index (χ1n) is 5.32. The van der Waals surface area contributed by atoms with Gasteiger partial charge >= 0.3 is 0 Å². The van der Waals surface area contributed by atoms with Gasteiger partial charge in [0.15, 0.2) is 0 Å². The zero-order valence-corrected chi connectivity index (χ0v) is 8.89. The Kier molecular flexibility index (Phi) is 5.28. The van der Waals surface area contributed by atoms with E-state index in [-0.39, 0.29) is 5.91 Å². The molecule has 0 aliphatic carbocycles. The van der Waals surface area contributed by atoms with Gasteiger partial charge in [0, 0.05) is 32.6 Å². The normalized spacial score (nSPS) is 18.6. The highest BCUT2D eigenvalue weighted by atomic mass is 16.3. The number of rotatable bonds is 4. The van der Waals surface area contributed by atoms with Gasteiger partial charge < -0.3 is 19.7 Å². The molecule has 1 N–H and O–H groups in total. The van der Waals surface area contributed by atoms with Crippen molar-refractivity contribution in [3.05, 3.63) is 0 Å². The predicted octanol–water partition coefficient (Wildman–Crippen LogP) is -0.898. The van der Waals surface area contributed by atoms with Crippen LogP contribution in [0.4, 0.5) is 0 Å². The molecule has 0 aromatic heterocycles. The quantitative estimate of drug-likeness (QED) is 0.616. The van der Waals surface area contributed by atoms with Crippen LogP contribution < -0.4 is 0 Å². The molecule has 1 rings (SSSR count). The van der Waals surface area contributed by atoms with Crippen LogP contribution in [0.5, 0.6) is 0 Å². The number of hydrogen-bond donors (Lipinski definition) is 1. The van der Waals surface area contributed by atoms with Crippen LogP contribution in [0.3, 0.4) is 0 Å². The Labute approximate surface area is 89.7 Å². The van der Waals surface area contributed by atoms with Crippen molar-refractivity contribution in [2.24, 2.45) is 0 Å². The summed E-state index contributed by atoms with van der Waals surface area (Å²) in [5, 5.41) is 8.74. The topological polar surface area (TPSA) is 60.9 Å². The van der Waals surface area contributed by atoms with Crippen molar-refractivity contribution in [2.75, 3.05) is 39.3 Å². The molecule has 1 saturated heterocycles. The van der Waals surface area contributed by atoms with Gasteiger partial charge in [-0.3, -0.25) is 4.79 Å². The summed E-state index contributed by atoms with van der Waals surface area (Å²) < 4.78 is 0. The van der Waals surface area contributed by atoms with E-state index in [1.807, 2.05) is 0 Å². The van der Waals surface area contributed by atoms with Crippen molar-refractivity contribution in [1.82, 2.24) is 9.80 Å². The highest BCUT2D eigenvalue weighted by Crippen LogP contribution is 2.03. The summed E-state index contributed by atoms with van der Waals surface area (Å²) in [6.07, 6.45) is 2.38. The lowest BCUT2D eigenvalue weighted by atomic mass is 10.3. The van der Waals surface area contributed by atoms with Gasteiger partial charge in [-0.15, -0.1) is 0 Å². The molecule has 1 aliphatic heterocycles. The minimum absolute atomic E-state index is 0.202. The molecule has 0 radical (unpaired) electrons. The third kappa shape index (κ3) is 3.97. The van der Waals surface area contributed by atoms with Crippen LogP contribution in [0.1, 0.15) is 12.8 Å². The molecule has 15 heavy (non-hydrogen) atoms. The predicted molar refractivity (Wildman–Crippen MR) is 55.4 cm³/mol. The minimum atomic E-state index is -0.408. The van der Waals surface area contributed by atoms with Gasteiger partial charge in [0.25, 0.3) is 0 Å². The number of carbonyl (C=O) groups excluding carboxylic acids is 2. The number of carbonyl (C=O) groups is 2. The van der Waals surface area contributed by atoms with Crippen LogP contribution in [0.2, 0.25) is 0 Å². The Balaban J connectivity index is 2.34. The average molecular weight is 214 g/mol. The van der Waals surface area contributed by atoms with Gasteiger partial charge in [-0.2, -0.15) is 0 Å². The van der Waals surface area contributed by atoms with Gasteiger partial charge in [0.05, 0.1) is 0 Å². The lowest BCUT2D eigenvalue weighted by molar-refractivity contribution is -0.134. The number of hydrogen-bond acceptors (Lipinski definition) is 4. The van der Waals surface area contributed by atoms with E-state index in [0.717, 1.165) is 32.3 Å². The lowest BCUT2D eigenvalue weighted by Crippen LogP contribution is -2.36. The van der Waals surface area contributed by atoms with Gasteiger partial charge in [-0.25, -0.2) is 0 Å². The number of aliphatic hydroxyl groups excluding tert-OH is 1. The second-order valence-corrected chi connectivity index (χ2v) is 3.69. The van der Waals surface area contributed by atoms with E-state index >= 15 is 0 Å². The molecular weight excluding hydrogens is 196 g/mol. The third-order valence-electron chi connectivity index (χ3n) is 2.64. The Morgan fingerprint density at radius 1 is 1.27 bits per heavy atom. The summed E-state index contributed by atoms with van der Waals surface area (Å²) >= 11 is 0. The largest absolute Gasteiger partial charge is 0.387 e. The van der Waals surface area contributed by atoms with Crippen LogP contribution in [-0.2, 0) is 9.59 Å². The molecule has 0 saturated carbocycles. The van der Waals surface area contributed by atoms with E-state index in [2.05, 4.69) is 4.90 Å². The number of amides is 1. The summed E-state index contributed by atoms with van der Waals surface area (Å²) in [5.74, 6) is -0.202. The molecule has 0 bridgehead atoms. The molecule has 5 nitrogen and oxygen atoms in total. The first-order valence-corrected chi connectivity index (χ1v) is 5.32. The van der Waals surface area contributed by atoms with E-state index in [1.54, 1.807) is 4.90 Å². The molecule has 0 atom stereocenters. The van der Waals surface area contributed by atoms with Crippen LogP contribution >= 0.6 is 0 Å². The van der Waals surface area contributed by atoms with Crippen molar-refractivity contribution in [3.63, 3.8) is 0 Å². The Morgan fingerprint density at radius 3 is 2.73 bits per heavy atom. The molecule has 1 fully saturated rings. The summed E-state index contributed by atoms with van der Waals surface area (Å²) in [5.41, 5.74) is 0. The molecule has 1 aliphatic rings. The summed E-state index contributed by atoms with van der Waals surface area (Å²) in [6, 6.07) is 0. The SMILES string of the molecule is O=CCCN1CCCN(C(=O)CO)CC1. The standard InChI is InChI=1S/C10H18N2O3/c13-8-2-4-11-3-1-5-12(7-6-11)10(15)9-14/h8,14H,1-7,9H2. The van der Waals surface area contributed by atoms with E-state index in [0.29, 0.717) is 19.5 Å². The lowest BCUT2D eigenvalue weighted by Gasteiger charge is -2.20. The molecule has 0 unspecified atom stereocenters. The van der Waals surface area contributed by atoms with Crippen molar-refractivity contribution in [1.29, 1.82) is 0 Å². The Morgan fingerprint density at radius 2 is 2.07 bits per heavy atom. The van der Waals surface area contributed by atoms with Crippen LogP contribution in [0, 0.1) is 0 Å². The van der Waals surface area contributed by atoms with Crippen molar-refractivity contribution >= 4 is 12.2 Å². The zero-order valence-electron chi connectivity index (χ0n) is 8.89. The van der Waals surface area contributed by atoms with Crippen LogP contribution in [0.25, 0.3) is 0 Å². The molecule has 1 heterocycles. The molecule has 0 aromatic carbocycles. The second-order valence-electron chi connectivity index (χ2n) is 3.69. The summed E-state index contributed by atoms with van der Waals surface area (Å²) in [6.45, 7) is 3.43. The van der Waals surface area contributed by atoms with Crippen molar-refractivity contribution in [3.8, 4) is 0 Å². The minimum Gasteiger partial charge on any atom is -0.387 e. The van der Waals surface area contributed by atoms with E-state index in [1.165, 1.54) is 0 Å². The fourth-order valence-corrected chi connectivity index (χ4v) is 1.78. The summed E-state index contributed by atoms with van der Waals surface area (Å²) in [7, 11) is 0. The Hall–Kier alpha value is -0.940. The third-order valence-corrected chi connectivity index (χ3v) is 2.64. The number of aliphatic hydroxyl groups is 1. The molecule has 1 amide bonds. The smallest absolute Gasteiger partial charge is 0.248 e. The van der Waals surface area contributed by atoms with Gasteiger partial charge in [-0.05, 0) is 13.0 Å². The maximum atomic E-state index is 11.2. The second kappa shape index (κ2) is 6.53. The van der Waals surface area contributed by atoms with Crippen LogP contribution in [0.15, 0.2) is 0 Å². The van der Waals surface area contributed by atoms with Gasteiger partial charge in [-0.1, -0.05) is 0 Å². The van der Waals surface area contributed by atoms with E-state index < -0.39 is 6.61 Å². The maximum absolute atomic E-state index is 11.2. The monoisotopic (exact) mass is 214 g/mol. The maximum Gasteiger partial charge on any atom is 0.248 e. The highest BCUT2D eigenvalue weighted by Gasteiger charge is 2.17. The van der Waals surface area contributed by atoms with Crippen LogP contribution in [-0.4, -0.2) is 66.4 Å². The number of nitrogens with zero attached hydrogens (tertiary/aromatic N) is 2. The van der Waals surface area contributed by atoms with E-state index in [9.17, 15) is 9.59 Å². The fourth-order valence-electron chi connectivity index (χ4n) is 1.78. The summed E-state index contributed by atoms with van der Waals surface area (Å²) in [4.78, 5) is 25.3. The first kappa shape index (κ1) is 12.1. The van der Waals surface area contributed by atoms with Crippen molar-refractivity contribution < 1.29 is 14.7 Å². The van der Waals surface area contributed by atoms with Gasteiger partial charge in [0.1, 0.15) is 12.9 Å². The fraction of sp³-hybridized carbons (Fsp3) is 0.800. The van der Waals surface area contributed by atoms with Gasteiger partial charge in [0.2, 0.25) is 5.91 Å². The molecule has 86 valence electrons. The molecule has 5 heteroatoms. The molecule has 0 spiro atoms.